The van der Waals surface area contributed by atoms with Crippen LogP contribution in [0.1, 0.15) is 49.5 Å². The van der Waals surface area contributed by atoms with Crippen molar-refractivity contribution in [3.05, 3.63) is 75.8 Å². The van der Waals surface area contributed by atoms with Gasteiger partial charge in [-0.2, -0.15) is 0 Å². The molecule has 8 nitrogen and oxygen atoms in total. The zero-order chi connectivity index (χ0) is 22.8. The van der Waals surface area contributed by atoms with Gasteiger partial charge in [0.25, 0.3) is 11.6 Å². The van der Waals surface area contributed by atoms with Crippen LogP contribution in [0.5, 0.6) is 0 Å². The predicted molar refractivity (Wildman–Crippen MR) is 114 cm³/mol. The number of carbonyl (C=O) groups excluding carboxylic acids is 3. The fraction of sp³-hybridized carbons (Fsp3) is 0.348. The Morgan fingerprint density at radius 2 is 1.71 bits per heavy atom. The highest BCUT2D eigenvalue weighted by Crippen LogP contribution is 2.37. The summed E-state index contributed by atoms with van der Waals surface area (Å²) in [6.45, 7) is 5.14. The molecular weight excluding hydrogens is 398 g/mol. The van der Waals surface area contributed by atoms with E-state index in [0.717, 1.165) is 0 Å². The van der Waals surface area contributed by atoms with Gasteiger partial charge < -0.3 is 10.2 Å². The lowest BCUT2D eigenvalue weighted by molar-refractivity contribution is -0.385. The smallest absolute Gasteiger partial charge is 0.274 e. The Labute approximate surface area is 180 Å². The van der Waals surface area contributed by atoms with Gasteiger partial charge in [-0.15, -0.1) is 0 Å². The van der Waals surface area contributed by atoms with Gasteiger partial charge in [0.2, 0.25) is 5.91 Å². The molecule has 8 heteroatoms. The molecule has 2 aromatic carbocycles. The topological polar surface area (TPSA) is 110 Å². The van der Waals surface area contributed by atoms with Crippen molar-refractivity contribution in [3.8, 4) is 0 Å². The summed E-state index contributed by atoms with van der Waals surface area (Å²) < 4.78 is 0. The van der Waals surface area contributed by atoms with Crippen molar-refractivity contribution in [1.82, 2.24) is 10.2 Å². The van der Waals surface area contributed by atoms with Crippen molar-refractivity contribution in [3.63, 3.8) is 0 Å². The Morgan fingerprint density at radius 3 is 2.32 bits per heavy atom. The minimum absolute atomic E-state index is 0.00209. The molecule has 0 saturated carbocycles. The molecule has 0 aromatic heterocycles. The normalized spacial score (nSPS) is 18.7. The quantitative estimate of drug-likeness (QED) is 0.332. The largest absolute Gasteiger partial charge is 0.349 e. The number of rotatable bonds is 6. The SMILES string of the molecule is CC(C)(C)NC(=O)C1(C(=O)c2ccccc2)CCC(=O)N1Cc1ccccc1[N+](=O)[O-]. The van der Waals surface area contributed by atoms with Gasteiger partial charge in [-0.3, -0.25) is 24.5 Å². The number of Topliss-reactive ketones (excluding diaryl/α,β-unsaturated/α-hetero) is 1. The molecule has 2 amide bonds. The standard InChI is InChI=1S/C23H25N3O5/c1-22(2,3)24-21(29)23(20(28)16-9-5-4-6-10-16)14-13-19(27)25(23)15-17-11-7-8-12-18(17)26(30)31/h4-12H,13-15H2,1-3H3,(H,24,29). The number of amides is 2. The summed E-state index contributed by atoms with van der Waals surface area (Å²) in [6.07, 6.45) is -0.00112. The fourth-order valence-corrected chi connectivity index (χ4v) is 3.83. The molecule has 0 aliphatic carbocycles. The number of hydrogen-bond donors (Lipinski definition) is 1. The second-order valence-electron chi connectivity index (χ2n) is 8.63. The first-order valence-corrected chi connectivity index (χ1v) is 10.0. The third kappa shape index (κ3) is 4.33. The highest BCUT2D eigenvalue weighted by molar-refractivity contribution is 6.21. The number of hydrogen-bond acceptors (Lipinski definition) is 5. The first kappa shape index (κ1) is 22.1. The number of benzene rings is 2. The molecule has 1 aliphatic heterocycles. The van der Waals surface area contributed by atoms with Gasteiger partial charge >= 0.3 is 0 Å². The number of nitrogens with zero attached hydrogens (tertiary/aromatic N) is 2. The summed E-state index contributed by atoms with van der Waals surface area (Å²) >= 11 is 0. The van der Waals surface area contributed by atoms with Crippen LogP contribution in [0.3, 0.4) is 0 Å². The summed E-state index contributed by atoms with van der Waals surface area (Å²) in [5.41, 5.74) is -2.03. The lowest BCUT2D eigenvalue weighted by Gasteiger charge is -2.38. The maximum atomic E-state index is 13.7. The molecule has 1 heterocycles. The summed E-state index contributed by atoms with van der Waals surface area (Å²) in [6, 6.07) is 14.3. The Morgan fingerprint density at radius 1 is 1.10 bits per heavy atom. The number of nitro groups is 1. The third-order valence-corrected chi connectivity index (χ3v) is 5.26. The van der Waals surface area contributed by atoms with Crippen molar-refractivity contribution < 1.29 is 19.3 Å². The molecule has 0 bridgehead atoms. The first-order valence-electron chi connectivity index (χ1n) is 10.0. The molecule has 1 atom stereocenters. The minimum Gasteiger partial charge on any atom is -0.349 e. The van der Waals surface area contributed by atoms with Crippen molar-refractivity contribution in [2.75, 3.05) is 0 Å². The molecule has 0 radical (unpaired) electrons. The van der Waals surface area contributed by atoms with Crippen LogP contribution in [0.25, 0.3) is 0 Å². The monoisotopic (exact) mass is 423 g/mol. The van der Waals surface area contributed by atoms with Crippen molar-refractivity contribution >= 4 is 23.3 Å². The number of nitrogens with one attached hydrogen (secondary N) is 1. The molecule has 1 aliphatic rings. The number of nitro benzene ring substituents is 1. The average Bonchev–Trinajstić information content (AvgIpc) is 3.04. The first-order chi connectivity index (χ1) is 14.6. The second kappa shape index (κ2) is 8.29. The van der Waals surface area contributed by atoms with Crippen molar-refractivity contribution in [1.29, 1.82) is 0 Å². The van der Waals surface area contributed by atoms with Crippen LogP contribution < -0.4 is 5.32 Å². The van der Waals surface area contributed by atoms with E-state index in [9.17, 15) is 24.5 Å². The molecule has 2 aromatic rings. The van der Waals surface area contributed by atoms with E-state index < -0.39 is 33.6 Å². The van der Waals surface area contributed by atoms with Crippen LogP contribution in [0.15, 0.2) is 54.6 Å². The number of para-hydroxylation sites is 1. The number of likely N-dealkylation sites (tertiary alicyclic amines) is 1. The van der Waals surface area contributed by atoms with E-state index in [2.05, 4.69) is 5.32 Å². The van der Waals surface area contributed by atoms with Crippen LogP contribution in [0.2, 0.25) is 0 Å². The van der Waals surface area contributed by atoms with E-state index in [1.807, 2.05) is 0 Å². The van der Waals surface area contributed by atoms with Crippen LogP contribution >= 0.6 is 0 Å². The van der Waals surface area contributed by atoms with E-state index in [4.69, 9.17) is 0 Å². The highest BCUT2D eigenvalue weighted by atomic mass is 16.6. The lowest BCUT2D eigenvalue weighted by Crippen LogP contribution is -2.63. The maximum absolute atomic E-state index is 13.7. The van der Waals surface area contributed by atoms with Crippen molar-refractivity contribution in [2.24, 2.45) is 0 Å². The zero-order valence-electron chi connectivity index (χ0n) is 17.8. The van der Waals surface area contributed by atoms with Gasteiger partial charge in [0, 0.05) is 29.2 Å². The molecular formula is C23H25N3O5. The number of ketones is 1. The van der Waals surface area contributed by atoms with Gasteiger partial charge in [-0.1, -0.05) is 48.5 Å². The Kier molecular flexibility index (Phi) is 5.92. The molecule has 1 saturated heterocycles. The molecule has 0 spiro atoms. The highest BCUT2D eigenvalue weighted by Gasteiger charge is 2.57. The maximum Gasteiger partial charge on any atom is 0.274 e. The molecule has 1 N–H and O–H groups in total. The van der Waals surface area contributed by atoms with Crippen molar-refractivity contribution in [2.45, 2.75) is 51.2 Å². The lowest BCUT2D eigenvalue weighted by atomic mass is 9.84. The molecule has 1 fully saturated rings. The summed E-state index contributed by atoms with van der Waals surface area (Å²) in [4.78, 5) is 52.2. The van der Waals surface area contributed by atoms with E-state index in [-0.39, 0.29) is 30.6 Å². The minimum atomic E-state index is -1.78. The van der Waals surface area contributed by atoms with Gasteiger partial charge in [-0.05, 0) is 27.2 Å². The Hall–Kier alpha value is -3.55. The molecule has 162 valence electrons. The second-order valence-corrected chi connectivity index (χ2v) is 8.63. The van der Waals surface area contributed by atoms with E-state index in [1.165, 1.54) is 23.1 Å². The molecule has 3 rings (SSSR count). The third-order valence-electron chi connectivity index (χ3n) is 5.26. The van der Waals surface area contributed by atoms with E-state index in [1.54, 1.807) is 57.2 Å². The summed E-state index contributed by atoms with van der Waals surface area (Å²) in [5.74, 6) is -1.48. The van der Waals surface area contributed by atoms with Crippen LogP contribution in [0, 0.1) is 10.1 Å². The van der Waals surface area contributed by atoms with Crippen LogP contribution in [-0.2, 0) is 16.1 Å². The van der Waals surface area contributed by atoms with E-state index in [0.29, 0.717) is 5.56 Å². The Bertz CT molecular complexity index is 1030. The van der Waals surface area contributed by atoms with Gasteiger partial charge in [0.15, 0.2) is 11.3 Å². The molecule has 31 heavy (non-hydrogen) atoms. The summed E-state index contributed by atoms with van der Waals surface area (Å²) in [7, 11) is 0. The predicted octanol–water partition coefficient (Wildman–Crippen LogP) is 3.25. The average molecular weight is 423 g/mol. The zero-order valence-corrected chi connectivity index (χ0v) is 17.8. The summed E-state index contributed by atoms with van der Waals surface area (Å²) in [5, 5.41) is 14.3. The van der Waals surface area contributed by atoms with Gasteiger partial charge in [0.1, 0.15) is 0 Å². The van der Waals surface area contributed by atoms with Crippen LogP contribution in [0.4, 0.5) is 5.69 Å². The number of carbonyl (C=O) groups is 3. The Balaban J connectivity index is 2.12. The van der Waals surface area contributed by atoms with Crippen LogP contribution in [-0.4, -0.2) is 38.5 Å². The fourth-order valence-electron chi connectivity index (χ4n) is 3.83. The molecule has 1 unspecified atom stereocenters. The van der Waals surface area contributed by atoms with E-state index >= 15 is 0 Å². The van der Waals surface area contributed by atoms with Gasteiger partial charge in [-0.25, -0.2) is 0 Å². The van der Waals surface area contributed by atoms with Gasteiger partial charge in [0.05, 0.1) is 11.5 Å².